The van der Waals surface area contributed by atoms with Gasteiger partial charge in [-0.05, 0) is 31.2 Å². The average Bonchev–Trinajstić information content (AvgIpc) is 3.42. The molecule has 0 heterocycles. The predicted octanol–water partition coefficient (Wildman–Crippen LogP) is 2.30. The van der Waals surface area contributed by atoms with Gasteiger partial charge in [0, 0.05) is 30.6 Å². The normalized spacial score (nSPS) is 26.1. The number of rotatable bonds is 5. The molecule has 21 heavy (non-hydrogen) atoms. The first-order valence-corrected chi connectivity index (χ1v) is 7.79. The van der Waals surface area contributed by atoms with Crippen LogP contribution in [0.15, 0.2) is 29.3 Å². The Morgan fingerprint density at radius 2 is 2.10 bits per heavy atom. The Bertz CT molecular complexity index is 537. The summed E-state index contributed by atoms with van der Waals surface area (Å²) in [5.41, 5.74) is 1.52. The maximum absolute atomic E-state index is 5.52. The lowest BCUT2D eigenvalue weighted by atomic mass is 9.95. The summed E-state index contributed by atoms with van der Waals surface area (Å²) in [4.78, 5) is 4.33. The molecule has 1 aromatic carbocycles. The SMILES string of the molecule is CN=C(NCC1(c2ccccc2OC)CC1)NC1CC1C. The Balaban J connectivity index is 1.64. The zero-order valence-electron chi connectivity index (χ0n) is 13.1. The first-order chi connectivity index (χ1) is 10.2. The van der Waals surface area contributed by atoms with Gasteiger partial charge in [0.1, 0.15) is 5.75 Å². The Hall–Kier alpha value is -1.71. The van der Waals surface area contributed by atoms with Crippen molar-refractivity contribution >= 4 is 5.96 Å². The predicted molar refractivity (Wildman–Crippen MR) is 86.0 cm³/mol. The molecular weight excluding hydrogens is 262 g/mol. The Morgan fingerprint density at radius 3 is 2.67 bits per heavy atom. The lowest BCUT2D eigenvalue weighted by molar-refractivity contribution is 0.403. The molecule has 0 amide bonds. The summed E-state index contributed by atoms with van der Waals surface area (Å²) in [5.74, 6) is 2.69. The van der Waals surface area contributed by atoms with Gasteiger partial charge in [0.25, 0.3) is 0 Å². The molecule has 3 rings (SSSR count). The van der Waals surface area contributed by atoms with Crippen molar-refractivity contribution in [3.8, 4) is 5.75 Å². The van der Waals surface area contributed by atoms with Gasteiger partial charge in [0.15, 0.2) is 5.96 Å². The molecule has 2 aliphatic rings. The summed E-state index contributed by atoms with van der Waals surface area (Å²) < 4.78 is 5.52. The van der Waals surface area contributed by atoms with Crippen molar-refractivity contribution in [1.82, 2.24) is 10.6 Å². The van der Waals surface area contributed by atoms with Crippen LogP contribution in [0.4, 0.5) is 0 Å². The number of nitrogens with one attached hydrogen (secondary N) is 2. The van der Waals surface area contributed by atoms with Crippen LogP contribution in [0.5, 0.6) is 5.75 Å². The quantitative estimate of drug-likeness (QED) is 0.645. The van der Waals surface area contributed by atoms with Crippen LogP contribution in [0.25, 0.3) is 0 Å². The number of benzene rings is 1. The van der Waals surface area contributed by atoms with Crippen LogP contribution >= 0.6 is 0 Å². The molecule has 2 N–H and O–H groups in total. The summed E-state index contributed by atoms with van der Waals surface area (Å²) in [6.07, 6.45) is 3.66. The maximum Gasteiger partial charge on any atom is 0.191 e. The van der Waals surface area contributed by atoms with E-state index in [2.05, 4.69) is 34.7 Å². The number of guanidine groups is 1. The largest absolute Gasteiger partial charge is 0.496 e. The number of hydrogen-bond donors (Lipinski definition) is 2. The van der Waals surface area contributed by atoms with E-state index in [9.17, 15) is 0 Å². The monoisotopic (exact) mass is 287 g/mol. The van der Waals surface area contributed by atoms with Crippen LogP contribution in [-0.2, 0) is 5.41 Å². The second-order valence-corrected chi connectivity index (χ2v) is 6.37. The van der Waals surface area contributed by atoms with Gasteiger partial charge >= 0.3 is 0 Å². The van der Waals surface area contributed by atoms with E-state index in [1.165, 1.54) is 24.8 Å². The van der Waals surface area contributed by atoms with Crippen molar-refractivity contribution in [2.24, 2.45) is 10.9 Å². The standard InChI is InChI=1S/C17H25N3O/c1-12-10-14(12)20-16(18-2)19-11-17(8-9-17)13-6-4-5-7-15(13)21-3/h4-7,12,14H,8-11H2,1-3H3,(H2,18,19,20). The lowest BCUT2D eigenvalue weighted by Crippen LogP contribution is -2.42. The van der Waals surface area contributed by atoms with Crippen LogP contribution in [0.1, 0.15) is 31.7 Å². The summed E-state index contributed by atoms with van der Waals surface area (Å²) in [5, 5.41) is 6.98. The maximum atomic E-state index is 5.52. The van der Waals surface area contributed by atoms with Gasteiger partial charge < -0.3 is 15.4 Å². The molecule has 0 saturated heterocycles. The molecular formula is C17H25N3O. The second-order valence-electron chi connectivity index (χ2n) is 6.37. The molecule has 0 bridgehead atoms. The zero-order chi connectivity index (χ0) is 14.9. The van der Waals surface area contributed by atoms with Gasteiger partial charge in [-0.15, -0.1) is 0 Å². The number of ether oxygens (including phenoxy) is 1. The van der Waals surface area contributed by atoms with Gasteiger partial charge in [0.2, 0.25) is 0 Å². The molecule has 2 saturated carbocycles. The minimum atomic E-state index is 0.208. The Labute approximate surface area is 127 Å². The van der Waals surface area contributed by atoms with Crippen molar-refractivity contribution < 1.29 is 4.74 Å². The molecule has 0 spiro atoms. The fourth-order valence-corrected chi connectivity index (χ4v) is 2.92. The average molecular weight is 287 g/mol. The highest BCUT2D eigenvalue weighted by molar-refractivity contribution is 5.80. The molecule has 4 heteroatoms. The molecule has 1 aromatic rings. The van der Waals surface area contributed by atoms with Gasteiger partial charge in [-0.2, -0.15) is 0 Å². The third-order valence-electron chi connectivity index (χ3n) is 4.78. The zero-order valence-corrected chi connectivity index (χ0v) is 13.1. The number of aliphatic imine (C=N–C) groups is 1. The molecule has 0 aliphatic heterocycles. The summed E-state index contributed by atoms with van der Waals surface area (Å²) >= 11 is 0. The van der Waals surface area contributed by atoms with Crippen molar-refractivity contribution in [3.63, 3.8) is 0 Å². The fourth-order valence-electron chi connectivity index (χ4n) is 2.92. The van der Waals surface area contributed by atoms with Crippen LogP contribution in [0.3, 0.4) is 0 Å². The van der Waals surface area contributed by atoms with Gasteiger partial charge in [-0.1, -0.05) is 25.1 Å². The van der Waals surface area contributed by atoms with E-state index in [4.69, 9.17) is 4.74 Å². The molecule has 2 unspecified atom stereocenters. The molecule has 2 fully saturated rings. The number of para-hydroxylation sites is 1. The van der Waals surface area contributed by atoms with Crippen LogP contribution in [0.2, 0.25) is 0 Å². The lowest BCUT2D eigenvalue weighted by Gasteiger charge is -2.21. The van der Waals surface area contributed by atoms with Crippen LogP contribution in [0, 0.1) is 5.92 Å². The van der Waals surface area contributed by atoms with E-state index >= 15 is 0 Å². The highest BCUT2D eigenvalue weighted by Gasteiger charge is 2.46. The van der Waals surface area contributed by atoms with E-state index in [0.717, 1.165) is 24.2 Å². The van der Waals surface area contributed by atoms with Crippen molar-refractivity contribution in [1.29, 1.82) is 0 Å². The molecule has 4 nitrogen and oxygen atoms in total. The Morgan fingerprint density at radius 1 is 1.38 bits per heavy atom. The van der Waals surface area contributed by atoms with Crippen molar-refractivity contribution in [2.75, 3.05) is 20.7 Å². The topological polar surface area (TPSA) is 45.7 Å². The van der Waals surface area contributed by atoms with Gasteiger partial charge in [-0.25, -0.2) is 0 Å². The van der Waals surface area contributed by atoms with E-state index in [1.807, 2.05) is 19.2 Å². The van der Waals surface area contributed by atoms with Gasteiger partial charge in [-0.3, -0.25) is 4.99 Å². The van der Waals surface area contributed by atoms with E-state index in [1.54, 1.807) is 7.11 Å². The minimum Gasteiger partial charge on any atom is -0.496 e. The Kier molecular flexibility index (Phi) is 3.79. The molecule has 0 radical (unpaired) electrons. The molecule has 0 aromatic heterocycles. The van der Waals surface area contributed by atoms with Gasteiger partial charge in [0.05, 0.1) is 7.11 Å². The summed E-state index contributed by atoms with van der Waals surface area (Å²) in [7, 11) is 3.59. The first kappa shape index (κ1) is 14.2. The third-order valence-corrected chi connectivity index (χ3v) is 4.78. The number of hydrogen-bond acceptors (Lipinski definition) is 2. The van der Waals surface area contributed by atoms with Crippen molar-refractivity contribution in [2.45, 2.75) is 37.6 Å². The number of methoxy groups -OCH3 is 1. The summed E-state index contributed by atoms with van der Waals surface area (Å²) in [6, 6.07) is 8.95. The highest BCUT2D eigenvalue weighted by Crippen LogP contribution is 2.50. The first-order valence-electron chi connectivity index (χ1n) is 7.79. The fraction of sp³-hybridized carbons (Fsp3) is 0.588. The van der Waals surface area contributed by atoms with E-state index in [-0.39, 0.29) is 5.41 Å². The molecule has 2 aliphatic carbocycles. The summed E-state index contributed by atoms with van der Waals surface area (Å²) in [6.45, 7) is 3.18. The van der Waals surface area contributed by atoms with Crippen LogP contribution < -0.4 is 15.4 Å². The molecule has 114 valence electrons. The van der Waals surface area contributed by atoms with Crippen molar-refractivity contribution in [3.05, 3.63) is 29.8 Å². The second kappa shape index (κ2) is 5.58. The molecule has 2 atom stereocenters. The third kappa shape index (κ3) is 2.99. The minimum absolute atomic E-state index is 0.208. The highest BCUT2D eigenvalue weighted by atomic mass is 16.5. The van der Waals surface area contributed by atoms with Crippen LogP contribution in [-0.4, -0.2) is 32.7 Å². The van der Waals surface area contributed by atoms with E-state index < -0.39 is 0 Å². The van der Waals surface area contributed by atoms with E-state index in [0.29, 0.717) is 6.04 Å². The smallest absolute Gasteiger partial charge is 0.191 e. The number of nitrogens with zero attached hydrogens (tertiary/aromatic N) is 1.